The van der Waals surface area contributed by atoms with E-state index in [1.165, 1.54) is 36.4 Å². The van der Waals surface area contributed by atoms with E-state index in [1.54, 1.807) is 60.7 Å². The zero-order valence-corrected chi connectivity index (χ0v) is 26.6. The third kappa shape index (κ3) is 7.03. The number of aryl methyl sites for hydroxylation is 2. The van der Waals surface area contributed by atoms with Crippen LogP contribution in [0.5, 0.6) is 0 Å². The zero-order valence-electron chi connectivity index (χ0n) is 24.3. The second-order valence-electron chi connectivity index (χ2n) is 10.3. The van der Waals surface area contributed by atoms with Crippen LogP contribution in [0.4, 0.5) is 17.6 Å². The fourth-order valence-electron chi connectivity index (χ4n) is 5.03. The first-order valence-corrected chi connectivity index (χ1v) is 14.2. The molecule has 0 atom stereocenters. The summed E-state index contributed by atoms with van der Waals surface area (Å²) in [6, 6.07) is 32.5. The molecule has 0 amide bonds. The van der Waals surface area contributed by atoms with E-state index < -0.39 is 46.0 Å². The molecule has 0 saturated carbocycles. The minimum Gasteiger partial charge on any atom is -0.301 e. The summed E-state index contributed by atoms with van der Waals surface area (Å²) in [5.41, 5.74) is 0.0443. The molecule has 2 heterocycles. The van der Waals surface area contributed by atoms with Crippen LogP contribution in [0.3, 0.4) is 0 Å². The van der Waals surface area contributed by atoms with Gasteiger partial charge in [-0.05, 0) is 36.4 Å². The van der Waals surface area contributed by atoms with E-state index in [0.717, 1.165) is 12.1 Å². The first-order valence-electron chi connectivity index (χ1n) is 14.2. The third-order valence-electron chi connectivity index (χ3n) is 7.33. The summed E-state index contributed by atoms with van der Waals surface area (Å²) in [7, 11) is 0. The molecule has 0 radical (unpaired) electrons. The summed E-state index contributed by atoms with van der Waals surface area (Å²) in [5, 5.41) is 0. The second kappa shape index (κ2) is 14.6. The van der Waals surface area contributed by atoms with E-state index in [4.69, 9.17) is 0 Å². The molecular weight excluding hydrogens is 788 g/mol. The largest absolute Gasteiger partial charge is 2.00 e. The van der Waals surface area contributed by atoms with Gasteiger partial charge in [-0.2, -0.15) is 0 Å². The van der Waals surface area contributed by atoms with Crippen molar-refractivity contribution in [1.82, 2.24) is 9.97 Å². The molecule has 0 aliphatic carbocycles. The summed E-state index contributed by atoms with van der Waals surface area (Å²) >= 11 is 0. The summed E-state index contributed by atoms with van der Waals surface area (Å²) in [6.45, 7) is 0. The van der Waals surface area contributed by atoms with Gasteiger partial charge in [-0.1, -0.05) is 96.1 Å². The number of carbonyl (C=O) groups excluding carboxylic acids is 2. The van der Waals surface area contributed by atoms with Gasteiger partial charge in [0.15, 0.2) is 11.6 Å². The number of carbonyl (C=O) groups is 2. The van der Waals surface area contributed by atoms with Gasteiger partial charge in [-0.3, -0.25) is 27.2 Å². The van der Waals surface area contributed by atoms with Crippen LogP contribution < -0.4 is 0 Å². The van der Waals surface area contributed by atoms with Gasteiger partial charge in [0.1, 0.15) is 0 Å². The molecule has 9 heteroatoms. The van der Waals surface area contributed by atoms with Gasteiger partial charge in [0.05, 0.1) is 23.3 Å². The van der Waals surface area contributed by atoms with Crippen LogP contribution in [0.1, 0.15) is 43.2 Å². The van der Waals surface area contributed by atoms with Crippen molar-refractivity contribution in [3.05, 3.63) is 178 Å². The van der Waals surface area contributed by atoms with E-state index in [-0.39, 0.29) is 54.7 Å². The van der Waals surface area contributed by atoms with Gasteiger partial charge in [-0.15, -0.1) is 24.3 Å². The Hall–Kier alpha value is -5.07. The van der Waals surface area contributed by atoms with Gasteiger partial charge < -0.3 is 9.97 Å². The molecule has 0 unspecified atom stereocenters. The first kappa shape index (κ1) is 33.3. The van der Waals surface area contributed by atoms with Crippen molar-refractivity contribution in [2.24, 2.45) is 0 Å². The molecular formula is C38H22F4N2O2Pt. The Kier molecular flexibility index (Phi) is 10.3. The molecule has 47 heavy (non-hydrogen) atoms. The molecule has 0 aliphatic heterocycles. The Morgan fingerprint density at radius 2 is 0.915 bits per heavy atom. The predicted molar refractivity (Wildman–Crippen MR) is 164 cm³/mol. The van der Waals surface area contributed by atoms with E-state index in [9.17, 15) is 18.4 Å². The molecule has 4 aromatic carbocycles. The quantitative estimate of drug-likeness (QED) is 0.0840. The van der Waals surface area contributed by atoms with Crippen molar-refractivity contribution in [2.45, 2.75) is 12.8 Å². The molecule has 0 saturated heterocycles. The average Bonchev–Trinajstić information content (AvgIpc) is 3.08. The topological polar surface area (TPSA) is 59.9 Å². The van der Waals surface area contributed by atoms with Crippen molar-refractivity contribution in [3.63, 3.8) is 0 Å². The summed E-state index contributed by atoms with van der Waals surface area (Å²) in [5.74, 6) is -5.75. The maximum Gasteiger partial charge on any atom is 2.00 e. The van der Waals surface area contributed by atoms with Crippen LogP contribution in [0.25, 0.3) is 22.5 Å². The Morgan fingerprint density at radius 3 is 1.30 bits per heavy atom. The Morgan fingerprint density at radius 1 is 0.532 bits per heavy atom. The zero-order chi connectivity index (χ0) is 32.2. The van der Waals surface area contributed by atoms with Crippen LogP contribution >= 0.6 is 0 Å². The fraction of sp³-hybridized carbons (Fsp3) is 0.0526. The second-order valence-corrected chi connectivity index (χ2v) is 10.3. The molecule has 234 valence electrons. The van der Waals surface area contributed by atoms with Gasteiger partial charge in [-0.25, -0.2) is 0 Å². The van der Waals surface area contributed by atoms with E-state index in [1.807, 2.05) is 0 Å². The third-order valence-corrected chi connectivity index (χ3v) is 7.33. The van der Waals surface area contributed by atoms with Gasteiger partial charge in [0.25, 0.3) is 0 Å². The number of aromatic nitrogens is 2. The van der Waals surface area contributed by atoms with Crippen LogP contribution in [-0.2, 0) is 33.9 Å². The number of halogens is 4. The van der Waals surface area contributed by atoms with Crippen molar-refractivity contribution < 1.29 is 48.2 Å². The number of hydrogen-bond acceptors (Lipinski definition) is 4. The molecule has 4 nitrogen and oxygen atoms in total. The molecule has 0 aliphatic rings. The van der Waals surface area contributed by atoms with E-state index >= 15 is 8.78 Å². The van der Waals surface area contributed by atoms with Crippen LogP contribution in [0, 0.1) is 35.4 Å². The summed E-state index contributed by atoms with van der Waals surface area (Å²) < 4.78 is 60.4. The molecule has 0 N–H and O–H groups in total. The molecule has 6 rings (SSSR count). The maximum absolute atomic E-state index is 15.6. The minimum absolute atomic E-state index is 0. The Bertz CT molecular complexity index is 1940. The monoisotopic (exact) mass is 809 g/mol. The fourth-order valence-corrected chi connectivity index (χ4v) is 5.03. The number of hydrogen-bond donors (Lipinski definition) is 0. The number of pyridine rings is 2. The van der Waals surface area contributed by atoms with Crippen molar-refractivity contribution in [1.29, 1.82) is 0 Å². The van der Waals surface area contributed by atoms with Gasteiger partial charge >= 0.3 is 21.1 Å². The van der Waals surface area contributed by atoms with E-state index in [2.05, 4.69) is 22.1 Å². The SMILES string of the molecule is O=C(c1ccccc1)c1c(F)c[c-]c(-c2cccc(CCc3cccc(-c4[c-]cc(F)c(C(=O)c5ccccc5)c4F)n3)n2)c1F.[Pt+2]. The molecule has 0 spiro atoms. The molecule has 6 aromatic rings. The van der Waals surface area contributed by atoms with Gasteiger partial charge in [0.2, 0.25) is 0 Å². The number of ketones is 2. The molecule has 2 aromatic heterocycles. The Labute approximate surface area is 282 Å². The van der Waals surface area contributed by atoms with Crippen molar-refractivity contribution in [3.8, 4) is 22.5 Å². The number of rotatable bonds is 9. The normalized spacial score (nSPS) is 10.7. The van der Waals surface area contributed by atoms with E-state index in [0.29, 0.717) is 24.2 Å². The predicted octanol–water partition coefficient (Wildman–Crippen LogP) is 8.21. The van der Waals surface area contributed by atoms with Crippen LogP contribution in [0.15, 0.2) is 109 Å². The summed E-state index contributed by atoms with van der Waals surface area (Å²) in [4.78, 5) is 34.8. The van der Waals surface area contributed by atoms with Crippen molar-refractivity contribution >= 4 is 11.6 Å². The average molecular weight is 810 g/mol. The molecule has 0 bridgehead atoms. The first-order chi connectivity index (χ1) is 22.3. The number of benzene rings is 4. The Balaban J connectivity index is 0.00000433. The molecule has 0 fully saturated rings. The number of nitrogens with zero attached hydrogens (tertiary/aromatic N) is 2. The van der Waals surface area contributed by atoms with Gasteiger partial charge in [0, 0.05) is 33.6 Å². The maximum atomic E-state index is 15.6. The van der Waals surface area contributed by atoms with Crippen molar-refractivity contribution in [2.75, 3.05) is 0 Å². The smallest absolute Gasteiger partial charge is 0.301 e. The summed E-state index contributed by atoms with van der Waals surface area (Å²) in [6.07, 6.45) is 0.687. The van der Waals surface area contributed by atoms with Crippen LogP contribution in [0.2, 0.25) is 0 Å². The minimum atomic E-state index is -1.06. The standard InChI is InChI=1S/C38H22F4N2O2.Pt/c39-29-21-19-27(35(41)33(29)37(45)23-9-3-1-4-10-23)31-15-7-13-25(43-31)17-18-26-14-8-16-32(44-26)28-20-22-30(40)34(36(28)42)38(46)24-11-5-2-6-12-24;/h1-16,21-22H,17-18H2;/q-2;+2. The van der Waals surface area contributed by atoms with Crippen LogP contribution in [-0.4, -0.2) is 21.5 Å².